The van der Waals surface area contributed by atoms with E-state index in [-0.39, 0.29) is 24.4 Å². The van der Waals surface area contributed by atoms with Gasteiger partial charge in [-0.05, 0) is 36.1 Å². The highest BCUT2D eigenvalue weighted by Crippen LogP contribution is 2.28. The Bertz CT molecular complexity index is 824. The lowest BCUT2D eigenvalue weighted by Crippen LogP contribution is -2.52. The van der Waals surface area contributed by atoms with Crippen LogP contribution in [0, 0.1) is 0 Å². The van der Waals surface area contributed by atoms with E-state index in [9.17, 15) is 9.59 Å². The van der Waals surface area contributed by atoms with Gasteiger partial charge < -0.3 is 15.1 Å². The molecule has 1 aromatic heterocycles. The number of carbonyl (C=O) groups is 2. The molecular weight excluding hydrogens is 340 g/mol. The topological polar surface area (TPSA) is 65.5 Å². The monoisotopic (exact) mass is 364 g/mol. The maximum absolute atomic E-state index is 13.2. The summed E-state index contributed by atoms with van der Waals surface area (Å²) in [6.07, 6.45) is 5.73. The van der Waals surface area contributed by atoms with E-state index < -0.39 is 0 Å². The Morgan fingerprint density at radius 3 is 2.93 bits per heavy atom. The molecule has 1 fully saturated rings. The lowest BCUT2D eigenvalue weighted by Gasteiger charge is -2.37. The lowest BCUT2D eigenvalue weighted by molar-refractivity contribution is -0.134. The standard InChI is InChI=1S/C21H24N4O2/c26-20-9-3-6-16-5-1-2-8-18(16)25(20)15-21(27)24-12-11-23-14-19(24)17-7-4-10-22-13-17/h1-2,4-5,7-8,10,13,19,23H,3,6,9,11-12,14-15H2. The van der Waals surface area contributed by atoms with E-state index in [1.807, 2.05) is 41.4 Å². The number of hydrogen-bond donors (Lipinski definition) is 1. The largest absolute Gasteiger partial charge is 0.331 e. The number of rotatable bonds is 3. The number of hydrogen-bond acceptors (Lipinski definition) is 4. The van der Waals surface area contributed by atoms with E-state index >= 15 is 0 Å². The second-order valence-corrected chi connectivity index (χ2v) is 7.06. The van der Waals surface area contributed by atoms with Crippen molar-refractivity contribution in [1.29, 1.82) is 0 Å². The minimum atomic E-state index is -0.0581. The van der Waals surface area contributed by atoms with E-state index in [1.54, 1.807) is 11.1 Å². The number of anilines is 1. The van der Waals surface area contributed by atoms with Gasteiger partial charge in [-0.3, -0.25) is 14.6 Å². The van der Waals surface area contributed by atoms with Crippen LogP contribution in [0.2, 0.25) is 0 Å². The Morgan fingerprint density at radius 2 is 2.07 bits per heavy atom. The molecule has 1 N–H and O–H groups in total. The fraction of sp³-hybridized carbons (Fsp3) is 0.381. The summed E-state index contributed by atoms with van der Waals surface area (Å²) in [6.45, 7) is 2.17. The van der Waals surface area contributed by atoms with Crippen LogP contribution in [0.3, 0.4) is 0 Å². The van der Waals surface area contributed by atoms with Crippen LogP contribution in [0.1, 0.15) is 30.0 Å². The third-order valence-corrected chi connectivity index (χ3v) is 5.35. The first-order valence-electron chi connectivity index (χ1n) is 9.52. The second-order valence-electron chi connectivity index (χ2n) is 7.06. The van der Waals surface area contributed by atoms with Crippen LogP contribution in [-0.4, -0.2) is 47.9 Å². The summed E-state index contributed by atoms with van der Waals surface area (Å²) in [5.41, 5.74) is 3.03. The molecule has 1 aromatic carbocycles. The number of aryl methyl sites for hydroxylation is 1. The van der Waals surface area contributed by atoms with Gasteiger partial charge in [0.15, 0.2) is 0 Å². The minimum absolute atomic E-state index is 0.0181. The predicted octanol–water partition coefficient (Wildman–Crippen LogP) is 1.92. The zero-order chi connectivity index (χ0) is 18.6. The molecule has 4 rings (SSSR count). The molecule has 0 radical (unpaired) electrons. The van der Waals surface area contributed by atoms with Gasteiger partial charge in [0.05, 0.1) is 6.04 Å². The molecule has 0 saturated carbocycles. The molecule has 3 heterocycles. The molecule has 0 spiro atoms. The van der Waals surface area contributed by atoms with E-state index in [1.165, 1.54) is 0 Å². The molecule has 2 aromatic rings. The van der Waals surface area contributed by atoms with Crippen LogP contribution >= 0.6 is 0 Å². The summed E-state index contributed by atoms with van der Waals surface area (Å²) >= 11 is 0. The molecule has 1 atom stereocenters. The van der Waals surface area contributed by atoms with E-state index in [4.69, 9.17) is 0 Å². The van der Waals surface area contributed by atoms with Gasteiger partial charge in [-0.2, -0.15) is 0 Å². The average molecular weight is 364 g/mol. The zero-order valence-electron chi connectivity index (χ0n) is 15.3. The number of fused-ring (bicyclic) bond motifs is 1. The van der Waals surface area contributed by atoms with Crippen LogP contribution in [0.15, 0.2) is 48.8 Å². The quantitative estimate of drug-likeness (QED) is 0.904. The number of aromatic nitrogens is 1. The Morgan fingerprint density at radius 1 is 1.19 bits per heavy atom. The molecule has 6 heteroatoms. The van der Waals surface area contributed by atoms with Crippen molar-refractivity contribution in [3.05, 3.63) is 59.9 Å². The fourth-order valence-electron chi connectivity index (χ4n) is 3.96. The van der Waals surface area contributed by atoms with Crippen molar-refractivity contribution in [2.75, 3.05) is 31.1 Å². The number of benzene rings is 1. The molecule has 2 aliphatic heterocycles. The predicted molar refractivity (Wildman–Crippen MR) is 103 cm³/mol. The number of piperazine rings is 1. The SMILES string of the molecule is O=C1CCCc2ccccc2N1CC(=O)N1CCNCC1c1cccnc1. The Labute approximate surface area is 159 Å². The minimum Gasteiger partial charge on any atom is -0.331 e. The van der Waals surface area contributed by atoms with Gasteiger partial charge in [-0.1, -0.05) is 24.3 Å². The molecule has 0 aliphatic carbocycles. The van der Waals surface area contributed by atoms with Gasteiger partial charge in [0.1, 0.15) is 6.54 Å². The molecule has 6 nitrogen and oxygen atoms in total. The van der Waals surface area contributed by atoms with Crippen molar-refractivity contribution in [3.63, 3.8) is 0 Å². The molecule has 1 saturated heterocycles. The number of carbonyl (C=O) groups excluding carboxylic acids is 2. The van der Waals surface area contributed by atoms with E-state index in [0.717, 1.165) is 36.2 Å². The first kappa shape index (κ1) is 17.7. The zero-order valence-corrected chi connectivity index (χ0v) is 15.3. The van der Waals surface area contributed by atoms with Crippen LogP contribution in [0.25, 0.3) is 0 Å². The van der Waals surface area contributed by atoms with Crippen molar-refractivity contribution in [3.8, 4) is 0 Å². The van der Waals surface area contributed by atoms with Gasteiger partial charge in [-0.25, -0.2) is 0 Å². The number of nitrogens with one attached hydrogen (secondary N) is 1. The summed E-state index contributed by atoms with van der Waals surface area (Å²) in [5, 5.41) is 3.35. The van der Waals surface area contributed by atoms with Gasteiger partial charge in [-0.15, -0.1) is 0 Å². The highest BCUT2D eigenvalue weighted by atomic mass is 16.2. The highest BCUT2D eigenvalue weighted by Gasteiger charge is 2.31. The van der Waals surface area contributed by atoms with Gasteiger partial charge in [0.2, 0.25) is 11.8 Å². The Kier molecular flexibility index (Phi) is 5.16. The first-order valence-corrected chi connectivity index (χ1v) is 9.52. The molecule has 1 unspecified atom stereocenters. The second kappa shape index (κ2) is 7.88. The van der Waals surface area contributed by atoms with Crippen molar-refractivity contribution < 1.29 is 9.59 Å². The normalized spacial score (nSPS) is 20.1. The third kappa shape index (κ3) is 3.71. The smallest absolute Gasteiger partial charge is 0.243 e. The fourth-order valence-corrected chi connectivity index (χ4v) is 3.96. The summed E-state index contributed by atoms with van der Waals surface area (Å²) in [7, 11) is 0. The molecule has 2 amide bonds. The Balaban J connectivity index is 1.58. The number of pyridine rings is 1. The maximum Gasteiger partial charge on any atom is 0.243 e. The number of amides is 2. The number of para-hydroxylation sites is 1. The first-order chi connectivity index (χ1) is 13.2. The highest BCUT2D eigenvalue weighted by molar-refractivity contribution is 6.00. The summed E-state index contributed by atoms with van der Waals surface area (Å²) in [4.78, 5) is 33.6. The van der Waals surface area contributed by atoms with Gasteiger partial charge in [0.25, 0.3) is 0 Å². The summed E-state index contributed by atoms with van der Waals surface area (Å²) < 4.78 is 0. The van der Waals surface area contributed by atoms with Gasteiger partial charge in [0, 0.05) is 44.1 Å². The molecule has 2 aliphatic rings. The van der Waals surface area contributed by atoms with E-state index in [2.05, 4.69) is 16.4 Å². The van der Waals surface area contributed by atoms with Crippen molar-refractivity contribution in [2.24, 2.45) is 0 Å². The van der Waals surface area contributed by atoms with E-state index in [0.29, 0.717) is 19.5 Å². The van der Waals surface area contributed by atoms with Crippen LogP contribution in [0.5, 0.6) is 0 Å². The average Bonchev–Trinajstić information content (AvgIpc) is 2.87. The maximum atomic E-state index is 13.2. The summed E-state index contributed by atoms with van der Waals surface area (Å²) in [6, 6.07) is 11.7. The van der Waals surface area contributed by atoms with Crippen LogP contribution in [-0.2, 0) is 16.0 Å². The lowest BCUT2D eigenvalue weighted by atomic mass is 10.0. The van der Waals surface area contributed by atoms with Crippen molar-refractivity contribution in [1.82, 2.24) is 15.2 Å². The summed E-state index contributed by atoms with van der Waals surface area (Å²) in [5.74, 6) is 0.0109. The van der Waals surface area contributed by atoms with Crippen molar-refractivity contribution in [2.45, 2.75) is 25.3 Å². The van der Waals surface area contributed by atoms with Crippen LogP contribution < -0.4 is 10.2 Å². The Hall–Kier alpha value is -2.73. The molecular formula is C21H24N4O2. The molecule has 27 heavy (non-hydrogen) atoms. The number of nitrogens with zero attached hydrogens (tertiary/aromatic N) is 3. The molecule has 0 bridgehead atoms. The van der Waals surface area contributed by atoms with Gasteiger partial charge >= 0.3 is 0 Å². The third-order valence-electron chi connectivity index (χ3n) is 5.35. The van der Waals surface area contributed by atoms with Crippen molar-refractivity contribution >= 4 is 17.5 Å². The molecule has 140 valence electrons. The van der Waals surface area contributed by atoms with Crippen LogP contribution in [0.4, 0.5) is 5.69 Å².